The van der Waals surface area contributed by atoms with Crippen LogP contribution < -0.4 is 5.32 Å². The summed E-state index contributed by atoms with van der Waals surface area (Å²) in [5.41, 5.74) is 1.44. The highest BCUT2D eigenvalue weighted by Crippen LogP contribution is 2.33. The summed E-state index contributed by atoms with van der Waals surface area (Å²) in [4.78, 5) is 2.70. The van der Waals surface area contributed by atoms with Crippen molar-refractivity contribution in [2.24, 2.45) is 29.6 Å². The zero-order valence-corrected chi connectivity index (χ0v) is 22.2. The fourth-order valence-corrected chi connectivity index (χ4v) is 6.31. The van der Waals surface area contributed by atoms with Crippen molar-refractivity contribution in [2.45, 2.75) is 64.5 Å². The van der Waals surface area contributed by atoms with Gasteiger partial charge in [-0.1, -0.05) is 68.0 Å². The van der Waals surface area contributed by atoms with Gasteiger partial charge in [-0.3, -0.25) is 0 Å². The monoisotopic (exact) mass is 484 g/mol. The molecule has 1 N–H and O–H groups in total. The van der Waals surface area contributed by atoms with Crippen LogP contribution in [0.5, 0.6) is 0 Å². The summed E-state index contributed by atoms with van der Waals surface area (Å²) < 4.78 is 5.80. The van der Waals surface area contributed by atoms with Gasteiger partial charge in [0.25, 0.3) is 0 Å². The fourth-order valence-electron chi connectivity index (χ4n) is 6.15. The molecule has 0 aromatic heterocycles. The molecule has 3 nitrogen and oxygen atoms in total. The van der Waals surface area contributed by atoms with E-state index in [-0.39, 0.29) is 0 Å². The van der Waals surface area contributed by atoms with E-state index < -0.39 is 0 Å². The van der Waals surface area contributed by atoms with Crippen LogP contribution in [-0.4, -0.2) is 50.3 Å². The first-order valence-corrected chi connectivity index (χ1v) is 14.0. The summed E-state index contributed by atoms with van der Waals surface area (Å²) in [6.07, 6.45) is 26.0. The van der Waals surface area contributed by atoms with Crippen molar-refractivity contribution in [2.75, 3.05) is 33.3 Å². The SMILES string of the molecule is COC1CCC=CC1C1=CC(CN[C@@H](CN2CCC(C3C=CC(Cl)=CC3)CC2)C(C)C)CC=C1. The van der Waals surface area contributed by atoms with E-state index in [1.54, 1.807) is 0 Å². The van der Waals surface area contributed by atoms with E-state index in [1.807, 2.05) is 7.11 Å². The molecule has 1 aliphatic heterocycles. The summed E-state index contributed by atoms with van der Waals surface area (Å²) in [5, 5.41) is 4.87. The van der Waals surface area contributed by atoms with Crippen molar-refractivity contribution >= 4 is 11.6 Å². The van der Waals surface area contributed by atoms with E-state index in [1.165, 1.54) is 31.5 Å². The first kappa shape index (κ1) is 25.9. The number of nitrogens with one attached hydrogen (secondary N) is 1. The molecule has 4 heteroatoms. The average Bonchev–Trinajstić information content (AvgIpc) is 2.87. The maximum Gasteiger partial charge on any atom is 0.0677 e. The van der Waals surface area contributed by atoms with Crippen LogP contribution in [0.4, 0.5) is 0 Å². The molecule has 0 spiro atoms. The molecule has 5 atom stereocenters. The molecule has 0 bridgehead atoms. The van der Waals surface area contributed by atoms with Crippen LogP contribution in [0.15, 0.2) is 59.2 Å². The van der Waals surface area contributed by atoms with Gasteiger partial charge in [-0.15, -0.1) is 0 Å². The lowest BCUT2D eigenvalue weighted by Crippen LogP contribution is -2.48. The quantitative estimate of drug-likeness (QED) is 0.378. The third kappa shape index (κ3) is 6.97. The molecule has 1 saturated heterocycles. The molecule has 34 heavy (non-hydrogen) atoms. The van der Waals surface area contributed by atoms with Gasteiger partial charge >= 0.3 is 0 Å². The van der Waals surface area contributed by atoms with Gasteiger partial charge < -0.3 is 15.0 Å². The molecule has 4 rings (SSSR count). The number of methoxy groups -OCH3 is 1. The molecule has 4 unspecified atom stereocenters. The third-order valence-electron chi connectivity index (χ3n) is 8.45. The number of likely N-dealkylation sites (tertiary alicyclic amines) is 1. The normalized spacial score (nSPS) is 31.6. The Morgan fingerprint density at radius 2 is 1.91 bits per heavy atom. The van der Waals surface area contributed by atoms with E-state index in [0.29, 0.717) is 35.8 Å². The molecule has 0 amide bonds. The van der Waals surface area contributed by atoms with Gasteiger partial charge in [0.2, 0.25) is 0 Å². The van der Waals surface area contributed by atoms with Gasteiger partial charge in [0.1, 0.15) is 0 Å². The van der Waals surface area contributed by atoms with E-state index in [9.17, 15) is 0 Å². The highest BCUT2D eigenvalue weighted by atomic mass is 35.5. The first-order valence-electron chi connectivity index (χ1n) is 13.6. The molecule has 0 saturated carbocycles. The fraction of sp³-hybridized carbons (Fsp3) is 0.667. The van der Waals surface area contributed by atoms with Crippen LogP contribution in [0, 0.1) is 29.6 Å². The summed E-state index contributed by atoms with van der Waals surface area (Å²) in [6.45, 7) is 9.39. The van der Waals surface area contributed by atoms with Crippen molar-refractivity contribution < 1.29 is 4.74 Å². The molecular weight excluding hydrogens is 440 g/mol. The second-order valence-corrected chi connectivity index (χ2v) is 11.6. The Labute approximate surface area is 213 Å². The molecule has 1 heterocycles. The Balaban J connectivity index is 1.26. The van der Waals surface area contributed by atoms with Gasteiger partial charge in [0, 0.05) is 37.2 Å². The smallest absolute Gasteiger partial charge is 0.0677 e. The van der Waals surface area contributed by atoms with Crippen LogP contribution in [0.1, 0.15) is 52.4 Å². The van der Waals surface area contributed by atoms with E-state index in [0.717, 1.165) is 49.7 Å². The van der Waals surface area contributed by atoms with Crippen LogP contribution in [0.25, 0.3) is 0 Å². The summed E-state index contributed by atoms with van der Waals surface area (Å²) >= 11 is 6.12. The lowest BCUT2D eigenvalue weighted by atomic mass is 9.80. The zero-order valence-electron chi connectivity index (χ0n) is 21.5. The van der Waals surface area contributed by atoms with Crippen molar-refractivity contribution in [3.8, 4) is 0 Å². The molecule has 1 fully saturated rings. The van der Waals surface area contributed by atoms with E-state index in [4.69, 9.17) is 16.3 Å². The molecule has 3 aliphatic carbocycles. The van der Waals surface area contributed by atoms with Crippen molar-refractivity contribution in [3.05, 3.63) is 59.2 Å². The molecule has 0 radical (unpaired) electrons. The van der Waals surface area contributed by atoms with E-state index in [2.05, 4.69) is 72.7 Å². The Morgan fingerprint density at radius 1 is 1.09 bits per heavy atom. The predicted octanol–water partition coefficient (Wildman–Crippen LogP) is 6.50. The van der Waals surface area contributed by atoms with Crippen molar-refractivity contribution in [1.29, 1.82) is 0 Å². The molecule has 4 aliphatic rings. The average molecular weight is 485 g/mol. The van der Waals surface area contributed by atoms with Crippen molar-refractivity contribution in [3.63, 3.8) is 0 Å². The third-order valence-corrected chi connectivity index (χ3v) is 8.73. The number of nitrogens with zero attached hydrogens (tertiary/aromatic N) is 1. The van der Waals surface area contributed by atoms with Gasteiger partial charge in [0.15, 0.2) is 0 Å². The van der Waals surface area contributed by atoms with Gasteiger partial charge in [0.05, 0.1) is 6.10 Å². The Bertz CT molecular complexity index is 803. The van der Waals surface area contributed by atoms with Crippen LogP contribution in [0.3, 0.4) is 0 Å². The van der Waals surface area contributed by atoms with Crippen LogP contribution in [0.2, 0.25) is 0 Å². The van der Waals surface area contributed by atoms with E-state index >= 15 is 0 Å². The molecule has 0 aromatic carbocycles. The number of ether oxygens (including phenoxy) is 1. The highest BCUT2D eigenvalue weighted by Gasteiger charge is 2.28. The molecular formula is C30H45ClN2O. The summed E-state index contributed by atoms with van der Waals surface area (Å²) in [6, 6.07) is 0.539. The minimum absolute atomic E-state index is 0.316. The lowest BCUT2D eigenvalue weighted by Gasteiger charge is -2.38. The topological polar surface area (TPSA) is 24.5 Å². The number of rotatable bonds is 9. The number of piperidine rings is 1. The lowest BCUT2D eigenvalue weighted by molar-refractivity contribution is 0.0698. The van der Waals surface area contributed by atoms with Crippen molar-refractivity contribution in [1.82, 2.24) is 10.2 Å². The highest BCUT2D eigenvalue weighted by molar-refractivity contribution is 6.31. The summed E-state index contributed by atoms with van der Waals surface area (Å²) in [7, 11) is 1.86. The van der Waals surface area contributed by atoms with Gasteiger partial charge in [-0.05, 0) is 86.9 Å². The Morgan fingerprint density at radius 3 is 2.62 bits per heavy atom. The number of halogens is 1. The minimum atomic E-state index is 0.316. The maximum atomic E-state index is 6.12. The largest absolute Gasteiger partial charge is 0.380 e. The minimum Gasteiger partial charge on any atom is -0.380 e. The maximum absolute atomic E-state index is 6.12. The Kier molecular flexibility index (Phi) is 9.70. The molecule has 0 aromatic rings. The van der Waals surface area contributed by atoms with Crippen LogP contribution >= 0.6 is 11.6 Å². The van der Waals surface area contributed by atoms with Gasteiger partial charge in [-0.25, -0.2) is 0 Å². The number of hydrogen-bond acceptors (Lipinski definition) is 3. The second-order valence-electron chi connectivity index (χ2n) is 11.1. The number of allylic oxidation sites excluding steroid dienone is 7. The second kappa shape index (κ2) is 12.7. The first-order chi connectivity index (χ1) is 16.5. The van der Waals surface area contributed by atoms with Gasteiger partial charge in [-0.2, -0.15) is 0 Å². The Hall–Kier alpha value is -1.13. The molecule has 188 valence electrons. The zero-order chi connectivity index (χ0) is 23.9. The predicted molar refractivity (Wildman–Crippen MR) is 145 cm³/mol. The number of hydrogen-bond donors (Lipinski definition) is 1. The summed E-state index contributed by atoms with van der Waals surface area (Å²) in [5.74, 6) is 3.10. The van der Waals surface area contributed by atoms with Crippen LogP contribution in [-0.2, 0) is 4.74 Å². The standard InChI is InChI=1S/C30H45ClN2O/c1-22(2)29(21-33-17-15-25(16-18-33)24-11-13-27(31)14-12-24)32-20-23-7-6-8-26(19-23)28-9-4-5-10-30(28)34-3/h4,6,8-9,11,13-14,19,22-25,28-30,32H,5,7,10,12,15-18,20-21H2,1-3H3/t23?,24?,28?,29-,30?/m0/s1.